The Morgan fingerprint density at radius 1 is 1.07 bits per heavy atom. The predicted octanol–water partition coefficient (Wildman–Crippen LogP) is 2.93. The van der Waals surface area contributed by atoms with Gasteiger partial charge in [0.05, 0.1) is 0 Å². The summed E-state index contributed by atoms with van der Waals surface area (Å²) in [6, 6.07) is 6.07. The van der Waals surface area contributed by atoms with Crippen LogP contribution < -0.4 is 0 Å². The third-order valence-corrected chi connectivity index (χ3v) is 1.51. The zero-order valence-electron chi connectivity index (χ0n) is 8.01. The molecule has 1 rings (SSSR count). The van der Waals surface area contributed by atoms with Gasteiger partial charge in [0.25, 0.3) is 0 Å². The van der Waals surface area contributed by atoms with Crippen LogP contribution in [0.1, 0.15) is 25.5 Å². The molecule has 1 aromatic heterocycles. The summed E-state index contributed by atoms with van der Waals surface area (Å²) in [5.74, 6) is 0. The lowest BCUT2D eigenvalue weighted by Gasteiger charge is -1.95. The van der Waals surface area contributed by atoms with Gasteiger partial charge in [-0.05, 0) is 25.0 Å². The van der Waals surface area contributed by atoms with Crippen molar-refractivity contribution in [1.82, 2.24) is 4.98 Å². The van der Waals surface area contributed by atoms with Crippen LogP contribution in [0, 0.1) is 0 Å². The molecule has 92 valence electrons. The molecule has 0 aliphatic carbocycles. The lowest BCUT2D eigenvalue weighted by Crippen LogP contribution is -1.86. The Bertz CT molecular complexity index is 187. The molecule has 1 aromatic rings. The molecule has 0 amide bonds. The molecular weight excluding hydrogens is 291 g/mol. The zero-order chi connectivity index (χ0) is 7.23. The Balaban J connectivity index is -0.0000000667. The highest BCUT2D eigenvalue weighted by molar-refractivity contribution is 5.86. The first kappa shape index (κ1) is 29.7. The third kappa shape index (κ3) is 14.8. The highest BCUT2D eigenvalue weighted by atomic mass is 35.5. The van der Waals surface area contributed by atoms with Gasteiger partial charge in [0.15, 0.2) is 17.4 Å². The second kappa shape index (κ2) is 20.3. The number of aromatic nitrogens is 1. The smallest absolute Gasteiger partial charge is 0.187 e. The predicted molar refractivity (Wildman–Crippen MR) is 81.8 cm³/mol. The van der Waals surface area contributed by atoms with E-state index in [4.69, 9.17) is 0 Å². The van der Waals surface area contributed by atoms with Crippen LogP contribution in [0.3, 0.4) is 0 Å². The largest absolute Gasteiger partial charge is 0.261 e. The number of rotatable bonds is 3. The number of hydrogen-bond acceptors (Lipinski definition) is 1. The highest BCUT2D eigenvalue weighted by Gasteiger charge is 1.88. The molecule has 15 heavy (non-hydrogen) atoms. The van der Waals surface area contributed by atoms with E-state index in [9.17, 15) is 0 Å². The van der Waals surface area contributed by atoms with Gasteiger partial charge < -0.3 is 0 Å². The minimum Gasteiger partial charge on any atom is -0.261 e. The first-order valence-electron chi connectivity index (χ1n) is 3.83. The molecule has 0 aliphatic heterocycles. The lowest BCUT2D eigenvalue weighted by atomic mass is 10.2. The fourth-order valence-corrected chi connectivity index (χ4v) is 0.904. The van der Waals surface area contributed by atoms with Gasteiger partial charge >= 0.3 is 0 Å². The fraction of sp³-hybridized carbons (Fsp3) is 0.444. The van der Waals surface area contributed by atoms with Gasteiger partial charge in [-0.2, -0.15) is 0 Å². The second-order valence-corrected chi connectivity index (χ2v) is 2.42. The summed E-state index contributed by atoms with van der Waals surface area (Å²) in [6.07, 6.45) is 5.47. The van der Waals surface area contributed by atoms with Crippen molar-refractivity contribution in [1.29, 1.82) is 0 Å². The number of hydrogen-bond donors (Lipinski definition) is 0. The van der Waals surface area contributed by atoms with Crippen molar-refractivity contribution in [3.8, 4) is 0 Å². The van der Waals surface area contributed by atoms with Crippen LogP contribution >= 0.6 is 49.6 Å². The summed E-state index contributed by atoms with van der Waals surface area (Å²) in [4.78, 5) is 4.22. The van der Waals surface area contributed by atoms with E-state index in [0.717, 1.165) is 6.42 Å². The average molecular weight is 311 g/mol. The molecule has 0 saturated heterocycles. The fourth-order valence-electron chi connectivity index (χ4n) is 0.904. The van der Waals surface area contributed by atoms with Gasteiger partial charge in [-0.25, -0.2) is 0 Å². The lowest BCUT2D eigenvalue weighted by molar-refractivity contribution is 0.777. The number of unbranched alkanes of at least 4 members (excludes halogenated alkanes) is 1. The van der Waals surface area contributed by atoms with Crippen LogP contribution in [-0.4, -0.2) is 22.3 Å². The molecule has 0 saturated carbocycles. The summed E-state index contributed by atoms with van der Waals surface area (Å²) in [6.45, 7) is 2.20. The van der Waals surface area contributed by atoms with Gasteiger partial charge in [-0.1, -0.05) is 19.4 Å². The van der Waals surface area contributed by atoms with E-state index in [1.165, 1.54) is 18.5 Å². The molecule has 0 aliphatic rings. The molecular formula is C9H20AlCl4N. The van der Waals surface area contributed by atoms with Crippen molar-refractivity contribution >= 4 is 67.0 Å². The summed E-state index contributed by atoms with van der Waals surface area (Å²) in [7, 11) is 0. The Kier molecular flexibility index (Phi) is 40.1. The van der Waals surface area contributed by atoms with Crippen molar-refractivity contribution in [2.75, 3.05) is 0 Å². The van der Waals surface area contributed by atoms with E-state index in [2.05, 4.69) is 18.0 Å². The van der Waals surface area contributed by atoms with Gasteiger partial charge in [0.1, 0.15) is 0 Å². The van der Waals surface area contributed by atoms with Crippen molar-refractivity contribution in [3.63, 3.8) is 0 Å². The normalized spacial score (nSPS) is 6.47. The number of halogens is 4. The van der Waals surface area contributed by atoms with Crippen LogP contribution in [0.2, 0.25) is 0 Å². The van der Waals surface area contributed by atoms with Crippen LogP contribution in [-0.2, 0) is 6.42 Å². The van der Waals surface area contributed by atoms with E-state index in [1.54, 1.807) is 0 Å². The van der Waals surface area contributed by atoms with Gasteiger partial charge in [0.2, 0.25) is 0 Å². The van der Waals surface area contributed by atoms with Crippen LogP contribution in [0.5, 0.6) is 0 Å². The highest BCUT2D eigenvalue weighted by Crippen LogP contribution is 1.99. The van der Waals surface area contributed by atoms with Gasteiger partial charge in [0, 0.05) is 11.9 Å². The van der Waals surface area contributed by atoms with E-state index in [1.807, 2.05) is 18.3 Å². The standard InChI is InChI=1S/C9H13N.Al.4ClH.3H/c1-2-3-6-9-7-4-5-8-10-9;;;;;;;;/h4-5,7-8H,2-3,6H2,1H3;;4*1H;;;. The minimum absolute atomic E-state index is 0. The SMILES string of the molecule is CCCCc1ccccn1.Cl.Cl.Cl.Cl.[AlH3]. The summed E-state index contributed by atoms with van der Waals surface area (Å²) < 4.78 is 0. The van der Waals surface area contributed by atoms with E-state index in [0.29, 0.717) is 0 Å². The third-order valence-electron chi connectivity index (χ3n) is 1.51. The van der Waals surface area contributed by atoms with Gasteiger partial charge in [-0.3, -0.25) is 4.98 Å². The molecule has 0 spiro atoms. The van der Waals surface area contributed by atoms with Crippen molar-refractivity contribution in [2.24, 2.45) is 0 Å². The summed E-state index contributed by atoms with van der Waals surface area (Å²) in [5, 5.41) is 0. The average Bonchev–Trinajstić information content (AvgIpc) is 2.03. The first-order chi connectivity index (χ1) is 4.93. The maximum atomic E-state index is 4.22. The minimum atomic E-state index is 0. The molecule has 0 aromatic carbocycles. The van der Waals surface area contributed by atoms with Crippen molar-refractivity contribution in [3.05, 3.63) is 30.1 Å². The maximum Gasteiger partial charge on any atom is 0.187 e. The molecule has 6 heteroatoms. The first-order valence-corrected chi connectivity index (χ1v) is 3.83. The number of nitrogens with zero attached hydrogens (tertiary/aromatic N) is 1. The Morgan fingerprint density at radius 2 is 1.67 bits per heavy atom. The molecule has 0 unspecified atom stereocenters. The van der Waals surface area contributed by atoms with Crippen molar-refractivity contribution < 1.29 is 0 Å². The summed E-state index contributed by atoms with van der Waals surface area (Å²) >= 11 is 0. The van der Waals surface area contributed by atoms with Crippen molar-refractivity contribution in [2.45, 2.75) is 26.2 Å². The van der Waals surface area contributed by atoms with E-state index in [-0.39, 0.29) is 67.0 Å². The number of pyridine rings is 1. The molecule has 0 radical (unpaired) electrons. The Hall–Kier alpha value is 0.842. The topological polar surface area (TPSA) is 12.9 Å². The number of aryl methyl sites for hydroxylation is 1. The molecule has 0 N–H and O–H groups in total. The quantitative estimate of drug-likeness (QED) is 0.782. The second-order valence-electron chi connectivity index (χ2n) is 2.42. The maximum absolute atomic E-state index is 4.22. The Morgan fingerprint density at radius 3 is 2.07 bits per heavy atom. The van der Waals surface area contributed by atoms with E-state index < -0.39 is 0 Å². The molecule has 1 nitrogen and oxygen atoms in total. The Labute approximate surface area is 128 Å². The molecule has 0 atom stereocenters. The van der Waals surface area contributed by atoms with Crippen LogP contribution in [0.4, 0.5) is 0 Å². The van der Waals surface area contributed by atoms with E-state index >= 15 is 0 Å². The molecule has 1 heterocycles. The zero-order valence-corrected chi connectivity index (χ0v) is 11.3. The summed E-state index contributed by atoms with van der Waals surface area (Å²) in [5.41, 5.74) is 1.21. The van der Waals surface area contributed by atoms with Gasteiger partial charge in [-0.15, -0.1) is 49.6 Å². The monoisotopic (exact) mass is 309 g/mol. The van der Waals surface area contributed by atoms with Crippen LogP contribution in [0.25, 0.3) is 0 Å². The molecule has 0 fully saturated rings. The van der Waals surface area contributed by atoms with Crippen LogP contribution in [0.15, 0.2) is 24.4 Å². The molecule has 0 bridgehead atoms.